The molecule has 2 aromatic carbocycles. The molecule has 0 bridgehead atoms. The van der Waals surface area contributed by atoms with Crippen LogP contribution >= 0.6 is 44.5 Å². The van der Waals surface area contributed by atoms with Gasteiger partial charge >= 0.3 is 5.97 Å². The maximum absolute atomic E-state index is 12.3. The molecule has 0 fully saturated rings. The Labute approximate surface area is 185 Å². The quantitative estimate of drug-likeness (QED) is 0.378. The summed E-state index contributed by atoms with van der Waals surface area (Å²) in [4.78, 5) is 23.4. The molecular formula is C19H19Br2NO5S. The van der Waals surface area contributed by atoms with Gasteiger partial charge in [-0.15, -0.1) is 0 Å². The summed E-state index contributed by atoms with van der Waals surface area (Å²) in [6.07, 6.45) is 0. The SMILES string of the molecule is CC(C)c1cc(Oc2c(Br)cc(C(=O)NC(CS)C(=O)O)cc2Br)ccc1O. The number of carbonyl (C=O) groups is 2. The van der Waals surface area contributed by atoms with Gasteiger partial charge in [0.15, 0.2) is 5.75 Å². The maximum atomic E-state index is 12.3. The van der Waals surface area contributed by atoms with Gasteiger partial charge in [-0.2, -0.15) is 12.6 Å². The molecular weight excluding hydrogens is 514 g/mol. The number of benzene rings is 2. The number of rotatable bonds is 7. The summed E-state index contributed by atoms with van der Waals surface area (Å²) in [6.45, 7) is 3.93. The van der Waals surface area contributed by atoms with Gasteiger partial charge in [-0.05, 0) is 68.1 Å². The van der Waals surface area contributed by atoms with Crippen molar-refractivity contribution >= 4 is 56.4 Å². The van der Waals surface area contributed by atoms with Gasteiger partial charge in [-0.1, -0.05) is 13.8 Å². The van der Waals surface area contributed by atoms with E-state index < -0.39 is 17.9 Å². The molecule has 0 spiro atoms. The summed E-state index contributed by atoms with van der Waals surface area (Å²) in [6, 6.07) is 6.95. The minimum Gasteiger partial charge on any atom is -0.508 e. The van der Waals surface area contributed by atoms with E-state index in [4.69, 9.17) is 9.84 Å². The Balaban J connectivity index is 2.28. The second-order valence-electron chi connectivity index (χ2n) is 6.29. The zero-order valence-electron chi connectivity index (χ0n) is 15.1. The van der Waals surface area contributed by atoms with E-state index in [1.54, 1.807) is 18.2 Å². The highest BCUT2D eigenvalue weighted by Crippen LogP contribution is 2.39. The van der Waals surface area contributed by atoms with E-state index in [0.717, 1.165) is 5.56 Å². The third kappa shape index (κ3) is 5.42. The molecule has 1 unspecified atom stereocenters. The minimum absolute atomic E-state index is 0.0242. The molecule has 0 aliphatic rings. The summed E-state index contributed by atoms with van der Waals surface area (Å²) in [7, 11) is 0. The standard InChI is InChI=1S/C19H19Br2NO5S/c1-9(2)12-7-11(3-4-16(12)23)27-17-13(20)5-10(6-14(17)21)18(24)22-15(8-28)19(25)26/h3-7,9,15,23,28H,8H2,1-2H3,(H,22,24)(H,25,26). The number of phenolic OH excluding ortho intramolecular Hbond substituents is 1. The van der Waals surface area contributed by atoms with Gasteiger partial charge in [0, 0.05) is 16.9 Å². The van der Waals surface area contributed by atoms with Crippen LogP contribution in [-0.4, -0.2) is 33.9 Å². The number of nitrogens with one attached hydrogen (secondary N) is 1. The van der Waals surface area contributed by atoms with Crippen molar-refractivity contribution in [1.82, 2.24) is 5.32 Å². The molecule has 2 rings (SSSR count). The van der Waals surface area contributed by atoms with Crippen LogP contribution in [0.4, 0.5) is 0 Å². The first-order valence-electron chi connectivity index (χ1n) is 8.28. The second kappa shape index (κ2) is 9.67. The molecule has 6 nitrogen and oxygen atoms in total. The molecule has 3 N–H and O–H groups in total. The van der Waals surface area contributed by atoms with E-state index in [2.05, 4.69) is 49.8 Å². The van der Waals surface area contributed by atoms with Crippen molar-refractivity contribution in [3.05, 3.63) is 50.4 Å². The number of phenols is 1. The van der Waals surface area contributed by atoms with Crippen LogP contribution in [0.5, 0.6) is 17.2 Å². The summed E-state index contributed by atoms with van der Waals surface area (Å²) in [5.74, 6) is -0.429. The Morgan fingerprint density at radius 3 is 2.29 bits per heavy atom. The highest BCUT2D eigenvalue weighted by molar-refractivity contribution is 9.11. The predicted octanol–water partition coefficient (Wildman–Crippen LogP) is 4.95. The van der Waals surface area contributed by atoms with E-state index in [9.17, 15) is 14.7 Å². The third-order valence-corrected chi connectivity index (χ3v) is 5.43. The minimum atomic E-state index is -1.16. The number of hydrogen-bond acceptors (Lipinski definition) is 5. The van der Waals surface area contributed by atoms with Gasteiger partial charge < -0.3 is 20.3 Å². The molecule has 0 heterocycles. The van der Waals surface area contributed by atoms with Crippen molar-refractivity contribution in [2.75, 3.05) is 5.75 Å². The number of aliphatic carboxylic acids is 1. The van der Waals surface area contributed by atoms with Crippen molar-refractivity contribution in [2.45, 2.75) is 25.8 Å². The van der Waals surface area contributed by atoms with Gasteiger partial charge in [-0.3, -0.25) is 4.79 Å². The fourth-order valence-electron chi connectivity index (χ4n) is 2.39. The van der Waals surface area contributed by atoms with Crippen molar-refractivity contribution in [2.24, 2.45) is 0 Å². The molecule has 1 atom stereocenters. The summed E-state index contributed by atoms with van der Waals surface area (Å²) < 4.78 is 6.93. The smallest absolute Gasteiger partial charge is 0.327 e. The second-order valence-corrected chi connectivity index (χ2v) is 8.37. The van der Waals surface area contributed by atoms with Crippen molar-refractivity contribution in [3.63, 3.8) is 0 Å². The van der Waals surface area contributed by atoms with E-state index in [0.29, 0.717) is 20.4 Å². The fourth-order valence-corrected chi connectivity index (χ4v) is 3.99. The number of hydrogen-bond donors (Lipinski definition) is 4. The normalized spacial score (nSPS) is 11.9. The van der Waals surface area contributed by atoms with Crippen LogP contribution in [0.1, 0.15) is 35.7 Å². The molecule has 1 amide bonds. The highest BCUT2D eigenvalue weighted by atomic mass is 79.9. The lowest BCUT2D eigenvalue weighted by atomic mass is 10.0. The molecule has 0 saturated carbocycles. The van der Waals surface area contributed by atoms with Crippen molar-refractivity contribution in [3.8, 4) is 17.2 Å². The number of carboxylic acids is 1. The number of aromatic hydroxyl groups is 1. The lowest BCUT2D eigenvalue weighted by molar-refractivity contribution is -0.138. The molecule has 2 aromatic rings. The first kappa shape index (κ1) is 22.6. The lowest BCUT2D eigenvalue weighted by Crippen LogP contribution is -2.42. The maximum Gasteiger partial charge on any atom is 0.327 e. The molecule has 9 heteroatoms. The van der Waals surface area contributed by atoms with Crippen LogP contribution in [0.2, 0.25) is 0 Å². The number of halogens is 2. The van der Waals surface area contributed by atoms with Crippen molar-refractivity contribution in [1.29, 1.82) is 0 Å². The zero-order valence-corrected chi connectivity index (χ0v) is 19.1. The topological polar surface area (TPSA) is 95.9 Å². The fraction of sp³-hybridized carbons (Fsp3) is 0.263. The Bertz CT molecular complexity index is 881. The Morgan fingerprint density at radius 2 is 1.79 bits per heavy atom. The first-order valence-corrected chi connectivity index (χ1v) is 10.5. The summed E-state index contributed by atoms with van der Waals surface area (Å²) >= 11 is 10.7. The van der Waals surface area contributed by atoms with Crippen LogP contribution in [0.15, 0.2) is 39.3 Å². The predicted molar refractivity (Wildman–Crippen MR) is 117 cm³/mol. The molecule has 0 aliphatic carbocycles. The first-order chi connectivity index (χ1) is 13.1. The summed E-state index contributed by atoms with van der Waals surface area (Å²) in [5, 5.41) is 21.4. The highest BCUT2D eigenvalue weighted by Gasteiger charge is 2.21. The average Bonchev–Trinajstić information content (AvgIpc) is 2.62. The van der Waals surface area contributed by atoms with Gasteiger partial charge in [0.2, 0.25) is 0 Å². The number of carboxylic acid groups (broad SMARTS) is 1. The summed E-state index contributed by atoms with van der Waals surface area (Å²) in [5.41, 5.74) is 1.01. The third-order valence-electron chi connectivity index (χ3n) is 3.89. The molecule has 0 saturated heterocycles. The van der Waals surface area contributed by atoms with Crippen LogP contribution in [0, 0.1) is 0 Å². The number of thiol groups is 1. The monoisotopic (exact) mass is 531 g/mol. The van der Waals surface area contributed by atoms with Gasteiger partial charge in [0.1, 0.15) is 17.5 Å². The molecule has 0 radical (unpaired) electrons. The zero-order chi connectivity index (χ0) is 21.0. The van der Waals surface area contributed by atoms with Gasteiger partial charge in [0.25, 0.3) is 5.91 Å². The van der Waals surface area contributed by atoms with E-state index >= 15 is 0 Å². The van der Waals surface area contributed by atoms with Crippen LogP contribution in [0.3, 0.4) is 0 Å². The van der Waals surface area contributed by atoms with Crippen LogP contribution < -0.4 is 10.1 Å². The number of carbonyl (C=O) groups excluding carboxylic acids is 1. The van der Waals surface area contributed by atoms with E-state index in [-0.39, 0.29) is 23.0 Å². The number of ether oxygens (including phenoxy) is 1. The average molecular weight is 533 g/mol. The Kier molecular flexibility index (Phi) is 7.79. The molecule has 150 valence electrons. The van der Waals surface area contributed by atoms with E-state index in [1.807, 2.05) is 13.8 Å². The van der Waals surface area contributed by atoms with Crippen LogP contribution in [0.25, 0.3) is 0 Å². The Morgan fingerprint density at radius 1 is 1.18 bits per heavy atom. The largest absolute Gasteiger partial charge is 0.508 e. The van der Waals surface area contributed by atoms with Crippen molar-refractivity contribution < 1.29 is 24.5 Å². The Hall–Kier alpha value is -1.71. The van der Waals surface area contributed by atoms with Crippen LogP contribution in [-0.2, 0) is 4.79 Å². The van der Waals surface area contributed by atoms with Gasteiger partial charge in [0.05, 0.1) is 8.95 Å². The lowest BCUT2D eigenvalue weighted by Gasteiger charge is -2.15. The molecule has 28 heavy (non-hydrogen) atoms. The van der Waals surface area contributed by atoms with E-state index in [1.165, 1.54) is 12.1 Å². The molecule has 0 aromatic heterocycles. The molecule has 0 aliphatic heterocycles. The van der Waals surface area contributed by atoms with Gasteiger partial charge in [-0.25, -0.2) is 4.79 Å². The number of amides is 1.